The second-order valence-corrected chi connectivity index (χ2v) is 3.89. The van der Waals surface area contributed by atoms with Crippen molar-refractivity contribution in [3.63, 3.8) is 0 Å². The van der Waals surface area contributed by atoms with E-state index in [1.165, 1.54) is 18.3 Å². The van der Waals surface area contributed by atoms with Gasteiger partial charge in [0.05, 0.1) is 23.1 Å². The molecule has 1 amide bonds. The average molecular weight is 247 g/mol. The molecule has 94 valence electrons. The number of hydrogen-bond donors (Lipinski definition) is 1. The SMILES string of the molecule is CCNC(=O)c1cnn(-c2ccc(F)cc2)c1C. The van der Waals surface area contributed by atoms with Crippen molar-refractivity contribution in [2.45, 2.75) is 13.8 Å². The molecule has 1 aromatic heterocycles. The fourth-order valence-corrected chi connectivity index (χ4v) is 1.73. The van der Waals surface area contributed by atoms with Crippen LogP contribution in [0, 0.1) is 12.7 Å². The molecule has 0 spiro atoms. The van der Waals surface area contributed by atoms with Gasteiger partial charge in [0, 0.05) is 6.54 Å². The predicted octanol–water partition coefficient (Wildman–Crippen LogP) is 2.07. The van der Waals surface area contributed by atoms with E-state index in [0.29, 0.717) is 12.1 Å². The Morgan fingerprint density at radius 1 is 1.39 bits per heavy atom. The number of benzene rings is 1. The molecule has 0 radical (unpaired) electrons. The summed E-state index contributed by atoms with van der Waals surface area (Å²) in [6, 6.07) is 5.97. The smallest absolute Gasteiger partial charge is 0.254 e. The summed E-state index contributed by atoms with van der Waals surface area (Å²) in [5.41, 5.74) is 1.98. The summed E-state index contributed by atoms with van der Waals surface area (Å²) in [4.78, 5) is 11.7. The molecule has 1 aromatic carbocycles. The molecule has 5 heteroatoms. The molecule has 0 atom stereocenters. The van der Waals surface area contributed by atoms with E-state index in [-0.39, 0.29) is 11.7 Å². The normalized spacial score (nSPS) is 10.4. The lowest BCUT2D eigenvalue weighted by Crippen LogP contribution is -2.23. The van der Waals surface area contributed by atoms with Crippen molar-refractivity contribution >= 4 is 5.91 Å². The fraction of sp³-hybridized carbons (Fsp3) is 0.231. The number of carbonyl (C=O) groups is 1. The van der Waals surface area contributed by atoms with Gasteiger partial charge in [-0.1, -0.05) is 0 Å². The maximum Gasteiger partial charge on any atom is 0.254 e. The quantitative estimate of drug-likeness (QED) is 0.902. The third-order valence-electron chi connectivity index (χ3n) is 2.66. The first-order valence-corrected chi connectivity index (χ1v) is 5.72. The van der Waals surface area contributed by atoms with Gasteiger partial charge in [0.1, 0.15) is 5.82 Å². The van der Waals surface area contributed by atoms with Crippen LogP contribution in [0.15, 0.2) is 30.5 Å². The van der Waals surface area contributed by atoms with Gasteiger partial charge in [-0.05, 0) is 38.1 Å². The third-order valence-corrected chi connectivity index (χ3v) is 2.66. The minimum atomic E-state index is -0.299. The van der Waals surface area contributed by atoms with Crippen LogP contribution in [0.1, 0.15) is 23.0 Å². The standard InChI is InChI=1S/C13H14FN3O/c1-3-15-13(18)12-8-16-17(9(12)2)11-6-4-10(14)5-7-11/h4-8H,3H2,1-2H3,(H,15,18). The van der Waals surface area contributed by atoms with E-state index in [1.807, 2.05) is 6.92 Å². The van der Waals surface area contributed by atoms with Crippen molar-refractivity contribution < 1.29 is 9.18 Å². The number of amides is 1. The molecule has 0 aliphatic carbocycles. The van der Waals surface area contributed by atoms with Crippen LogP contribution in [0.3, 0.4) is 0 Å². The van der Waals surface area contributed by atoms with Crippen molar-refractivity contribution in [3.05, 3.63) is 47.5 Å². The lowest BCUT2D eigenvalue weighted by molar-refractivity contribution is 0.0955. The van der Waals surface area contributed by atoms with Gasteiger partial charge in [0.15, 0.2) is 0 Å². The molecule has 1 N–H and O–H groups in total. The Bertz CT molecular complexity index is 560. The molecular weight excluding hydrogens is 233 g/mol. The topological polar surface area (TPSA) is 46.9 Å². The molecule has 0 fully saturated rings. The van der Waals surface area contributed by atoms with Gasteiger partial charge in [0.25, 0.3) is 5.91 Å². The van der Waals surface area contributed by atoms with Gasteiger partial charge >= 0.3 is 0 Å². The molecule has 0 saturated heterocycles. The van der Waals surface area contributed by atoms with Gasteiger partial charge in [-0.2, -0.15) is 5.10 Å². The molecule has 1 heterocycles. The number of hydrogen-bond acceptors (Lipinski definition) is 2. The first-order valence-electron chi connectivity index (χ1n) is 5.72. The summed E-state index contributed by atoms with van der Waals surface area (Å²) in [5.74, 6) is -0.448. The number of carbonyl (C=O) groups excluding carboxylic acids is 1. The van der Waals surface area contributed by atoms with Gasteiger partial charge in [0.2, 0.25) is 0 Å². The summed E-state index contributed by atoms with van der Waals surface area (Å²) in [6.45, 7) is 4.23. The van der Waals surface area contributed by atoms with Crippen molar-refractivity contribution in [3.8, 4) is 5.69 Å². The molecule has 2 aromatic rings. The number of aromatic nitrogens is 2. The minimum Gasteiger partial charge on any atom is -0.352 e. The molecule has 0 unspecified atom stereocenters. The van der Waals surface area contributed by atoms with Crippen LogP contribution in [0.5, 0.6) is 0 Å². The lowest BCUT2D eigenvalue weighted by Gasteiger charge is -2.05. The fourth-order valence-electron chi connectivity index (χ4n) is 1.73. The van der Waals surface area contributed by atoms with E-state index >= 15 is 0 Å². The second-order valence-electron chi connectivity index (χ2n) is 3.89. The van der Waals surface area contributed by atoms with Crippen LogP contribution in [-0.2, 0) is 0 Å². The first kappa shape index (κ1) is 12.3. The zero-order valence-corrected chi connectivity index (χ0v) is 10.3. The molecule has 0 aliphatic heterocycles. The van der Waals surface area contributed by atoms with E-state index in [1.54, 1.807) is 23.7 Å². The van der Waals surface area contributed by atoms with Crippen LogP contribution in [0.25, 0.3) is 5.69 Å². The summed E-state index contributed by atoms with van der Waals surface area (Å²) >= 11 is 0. The van der Waals surface area contributed by atoms with Gasteiger partial charge in [-0.15, -0.1) is 0 Å². The highest BCUT2D eigenvalue weighted by atomic mass is 19.1. The zero-order chi connectivity index (χ0) is 13.1. The first-order chi connectivity index (χ1) is 8.63. The Balaban J connectivity index is 2.36. The van der Waals surface area contributed by atoms with E-state index in [0.717, 1.165) is 11.4 Å². The Morgan fingerprint density at radius 2 is 2.06 bits per heavy atom. The predicted molar refractivity (Wildman–Crippen MR) is 66.3 cm³/mol. The molecule has 0 bridgehead atoms. The molecule has 4 nitrogen and oxygen atoms in total. The molecule has 18 heavy (non-hydrogen) atoms. The maximum atomic E-state index is 12.8. The molecular formula is C13H14FN3O. The Labute approximate surface area is 104 Å². The number of nitrogens with zero attached hydrogens (tertiary/aromatic N) is 2. The summed E-state index contributed by atoms with van der Waals surface area (Å²) in [7, 11) is 0. The summed E-state index contributed by atoms with van der Waals surface area (Å²) in [5, 5.41) is 6.88. The highest BCUT2D eigenvalue weighted by Crippen LogP contribution is 2.14. The number of rotatable bonds is 3. The minimum absolute atomic E-state index is 0.150. The lowest BCUT2D eigenvalue weighted by atomic mass is 10.2. The summed E-state index contributed by atoms with van der Waals surface area (Å²) in [6.07, 6.45) is 1.52. The van der Waals surface area contributed by atoms with Gasteiger partial charge in [-0.3, -0.25) is 4.79 Å². The maximum absolute atomic E-state index is 12.8. The number of halogens is 1. The molecule has 2 rings (SSSR count). The van der Waals surface area contributed by atoms with Gasteiger partial charge < -0.3 is 5.32 Å². The largest absolute Gasteiger partial charge is 0.352 e. The molecule has 0 aliphatic rings. The Kier molecular flexibility index (Phi) is 3.41. The summed E-state index contributed by atoms with van der Waals surface area (Å²) < 4.78 is 14.5. The number of nitrogens with one attached hydrogen (secondary N) is 1. The van der Waals surface area contributed by atoms with Crippen molar-refractivity contribution in [1.29, 1.82) is 0 Å². The highest BCUT2D eigenvalue weighted by molar-refractivity contribution is 5.95. The van der Waals surface area contributed by atoms with Crippen molar-refractivity contribution in [2.75, 3.05) is 6.54 Å². The van der Waals surface area contributed by atoms with Crippen molar-refractivity contribution in [1.82, 2.24) is 15.1 Å². The van der Waals surface area contributed by atoms with Crippen LogP contribution >= 0.6 is 0 Å². The zero-order valence-electron chi connectivity index (χ0n) is 10.3. The van der Waals surface area contributed by atoms with Crippen LogP contribution in [-0.4, -0.2) is 22.2 Å². The van der Waals surface area contributed by atoms with E-state index in [9.17, 15) is 9.18 Å². The Morgan fingerprint density at radius 3 is 2.67 bits per heavy atom. The second kappa shape index (κ2) is 5.00. The van der Waals surface area contributed by atoms with Crippen LogP contribution < -0.4 is 5.32 Å². The van der Waals surface area contributed by atoms with Crippen LogP contribution in [0.4, 0.5) is 4.39 Å². The monoisotopic (exact) mass is 247 g/mol. The van der Waals surface area contributed by atoms with E-state index in [2.05, 4.69) is 10.4 Å². The third kappa shape index (κ3) is 2.25. The Hall–Kier alpha value is -2.17. The van der Waals surface area contributed by atoms with Crippen molar-refractivity contribution in [2.24, 2.45) is 0 Å². The van der Waals surface area contributed by atoms with E-state index < -0.39 is 0 Å². The highest BCUT2D eigenvalue weighted by Gasteiger charge is 2.14. The van der Waals surface area contributed by atoms with Crippen LogP contribution in [0.2, 0.25) is 0 Å². The molecule has 0 saturated carbocycles. The average Bonchev–Trinajstić information content (AvgIpc) is 2.73. The van der Waals surface area contributed by atoms with E-state index in [4.69, 9.17) is 0 Å². The van der Waals surface area contributed by atoms with Gasteiger partial charge in [-0.25, -0.2) is 9.07 Å².